The van der Waals surface area contributed by atoms with Crippen LogP contribution in [0, 0.1) is 17.3 Å². The third-order valence-corrected chi connectivity index (χ3v) is 10.8. The molecule has 0 radical (unpaired) electrons. The number of allylic oxidation sites excluding steroid dienone is 6. The van der Waals surface area contributed by atoms with Crippen LogP contribution in [-0.2, 0) is 22.4 Å². The van der Waals surface area contributed by atoms with E-state index in [9.17, 15) is 33.1 Å². The lowest BCUT2D eigenvalue weighted by Gasteiger charge is -2.37. The zero-order chi connectivity index (χ0) is 32.8. The van der Waals surface area contributed by atoms with Crippen LogP contribution in [0.4, 0.5) is 13.2 Å². The summed E-state index contributed by atoms with van der Waals surface area (Å²) >= 11 is 6.62. The Labute approximate surface area is 271 Å². The molecule has 252 valence electrons. The predicted molar refractivity (Wildman–Crippen MR) is 164 cm³/mol. The van der Waals surface area contributed by atoms with Crippen molar-refractivity contribution in [2.24, 2.45) is 17.3 Å². The number of hydroxylamine groups is 1. The minimum Gasteiger partial charge on any atom is -0.481 e. The minimum atomic E-state index is -4.52. The van der Waals surface area contributed by atoms with Crippen LogP contribution in [-0.4, -0.2) is 80.7 Å². The lowest BCUT2D eigenvalue weighted by Crippen LogP contribution is -2.50. The van der Waals surface area contributed by atoms with Crippen molar-refractivity contribution < 1.29 is 37.8 Å². The molecule has 9 nitrogen and oxygen atoms in total. The van der Waals surface area contributed by atoms with E-state index in [-0.39, 0.29) is 41.5 Å². The number of hydrogen-bond acceptors (Lipinski definition) is 7. The van der Waals surface area contributed by atoms with Gasteiger partial charge in [0.05, 0.1) is 34.3 Å². The highest BCUT2D eigenvalue weighted by atomic mass is 35.5. The molecule has 3 atom stereocenters. The van der Waals surface area contributed by atoms with Gasteiger partial charge in [-0.2, -0.15) is 23.0 Å². The van der Waals surface area contributed by atoms with Crippen molar-refractivity contribution >= 4 is 29.1 Å². The second-order valence-electron chi connectivity index (χ2n) is 13.4. The first-order valence-corrected chi connectivity index (χ1v) is 16.9. The van der Waals surface area contributed by atoms with Gasteiger partial charge in [0.1, 0.15) is 0 Å². The molecule has 1 aliphatic heterocycles. The van der Waals surface area contributed by atoms with Gasteiger partial charge >= 0.3 is 12.1 Å². The molecule has 1 saturated carbocycles. The maximum Gasteiger partial charge on any atom is 0.398 e. The van der Waals surface area contributed by atoms with Gasteiger partial charge in [0.25, 0.3) is 5.91 Å². The van der Waals surface area contributed by atoms with E-state index in [4.69, 9.17) is 21.4 Å². The predicted octanol–water partition coefficient (Wildman–Crippen LogP) is 6.56. The third-order valence-electron chi connectivity index (χ3n) is 10.5. The number of alkyl halides is 3. The van der Waals surface area contributed by atoms with E-state index < -0.39 is 35.3 Å². The second-order valence-corrected chi connectivity index (χ2v) is 13.8. The van der Waals surface area contributed by atoms with Gasteiger partial charge in [-0.05, 0) is 87.7 Å². The quantitative estimate of drug-likeness (QED) is 0.329. The van der Waals surface area contributed by atoms with Crippen molar-refractivity contribution in [1.82, 2.24) is 20.0 Å². The first-order chi connectivity index (χ1) is 21.9. The molecular weight excluding hydrogens is 625 g/mol. The molecule has 6 rings (SSSR count). The molecule has 4 aliphatic carbocycles. The van der Waals surface area contributed by atoms with E-state index in [0.717, 1.165) is 30.4 Å². The molecule has 2 fully saturated rings. The summed E-state index contributed by atoms with van der Waals surface area (Å²) in [4.78, 5) is 26.1. The molecule has 0 amide bonds. The van der Waals surface area contributed by atoms with Gasteiger partial charge in [-0.15, -0.1) is 5.17 Å². The Balaban J connectivity index is 1.40. The van der Waals surface area contributed by atoms with Crippen molar-refractivity contribution in [1.29, 1.82) is 0 Å². The van der Waals surface area contributed by atoms with Crippen LogP contribution in [0.1, 0.15) is 92.9 Å². The molecule has 13 heteroatoms. The summed E-state index contributed by atoms with van der Waals surface area (Å²) in [5, 5.41) is 28.9. The van der Waals surface area contributed by atoms with Gasteiger partial charge < -0.3 is 9.84 Å². The number of hydrazine groups is 1. The average molecular weight is 667 g/mol. The molecule has 1 aromatic heterocycles. The third kappa shape index (κ3) is 6.23. The fourth-order valence-electron chi connectivity index (χ4n) is 7.73. The number of fused-ring (bicyclic) bond motifs is 1. The van der Waals surface area contributed by atoms with Crippen molar-refractivity contribution in [3.8, 4) is 0 Å². The SMILES string of the molecule is CC1CC=C(Cl)C(C(=O)n2nc(C3=CC[C@H](C(=O)O)CC3)c3c2C[C@H](N(O)N2CCCCOCCC2)CC3)=C1C1(C(F)(F)F)CC1. The smallest absolute Gasteiger partial charge is 0.398 e. The number of nitrogens with zero attached hydrogens (tertiary/aromatic N) is 4. The molecular formula is C33H42ClF3N4O5. The van der Waals surface area contributed by atoms with Crippen LogP contribution >= 0.6 is 11.6 Å². The monoisotopic (exact) mass is 666 g/mol. The Morgan fingerprint density at radius 2 is 1.83 bits per heavy atom. The number of aromatic nitrogens is 2. The molecule has 2 N–H and O–H groups in total. The van der Waals surface area contributed by atoms with Gasteiger partial charge in [0.15, 0.2) is 0 Å². The normalized spacial score (nSPS) is 27.7. The molecule has 1 saturated heterocycles. The van der Waals surface area contributed by atoms with E-state index in [1.807, 2.05) is 11.1 Å². The van der Waals surface area contributed by atoms with Crippen LogP contribution in [0.25, 0.3) is 5.57 Å². The lowest BCUT2D eigenvalue weighted by molar-refractivity contribution is -0.274. The number of carboxylic acids is 1. The summed E-state index contributed by atoms with van der Waals surface area (Å²) in [6.07, 6.45) is 4.14. The molecule has 5 aliphatic rings. The number of hydrogen-bond donors (Lipinski definition) is 2. The number of aliphatic carboxylic acids is 1. The van der Waals surface area contributed by atoms with Gasteiger partial charge in [-0.25, -0.2) is 5.01 Å². The number of halogens is 4. The minimum absolute atomic E-state index is 0.00988. The standard InChI is InChI=1S/C33H42ClF3N4O5/c1-20-5-12-25(34)27(28(20)32(13-14-32)33(35,36)37)30(42)40-26-19-23(41(45)39-15-2-3-17-46-18-4-16-39)10-11-24(26)29(38-40)21-6-8-22(9-7-21)31(43)44/h6,12,20,22-23,45H,2-5,7-11,13-19H2,1H3,(H,43,44)/t20?,22-,23+/m0/s1. The van der Waals surface area contributed by atoms with E-state index in [0.29, 0.717) is 76.2 Å². The van der Waals surface area contributed by atoms with Gasteiger partial charge in [0, 0.05) is 43.3 Å². The zero-order valence-corrected chi connectivity index (χ0v) is 26.9. The second kappa shape index (κ2) is 13.2. The molecule has 46 heavy (non-hydrogen) atoms. The Hall–Kier alpha value is -2.51. The maximum atomic E-state index is 14.5. The highest BCUT2D eigenvalue weighted by Crippen LogP contribution is 2.66. The Morgan fingerprint density at radius 1 is 1.09 bits per heavy atom. The molecule has 0 spiro atoms. The first kappa shape index (κ1) is 33.4. The van der Waals surface area contributed by atoms with Crippen LogP contribution in [0.5, 0.6) is 0 Å². The summed E-state index contributed by atoms with van der Waals surface area (Å²) in [5.41, 5.74) is 0.630. The van der Waals surface area contributed by atoms with E-state index in [1.54, 1.807) is 13.0 Å². The summed E-state index contributed by atoms with van der Waals surface area (Å²) in [5.74, 6) is -2.57. The number of ether oxygens (including phenoxy) is 1. The van der Waals surface area contributed by atoms with Crippen molar-refractivity contribution in [3.63, 3.8) is 0 Å². The van der Waals surface area contributed by atoms with Crippen LogP contribution < -0.4 is 0 Å². The Kier molecular flexibility index (Phi) is 9.57. The van der Waals surface area contributed by atoms with Crippen molar-refractivity contribution in [3.05, 3.63) is 45.3 Å². The molecule has 0 aromatic carbocycles. The van der Waals surface area contributed by atoms with Gasteiger partial charge in [0.2, 0.25) is 0 Å². The Morgan fingerprint density at radius 3 is 2.50 bits per heavy atom. The van der Waals surface area contributed by atoms with Gasteiger partial charge in [-0.3, -0.25) is 14.8 Å². The molecule has 0 bridgehead atoms. The summed E-state index contributed by atoms with van der Waals surface area (Å²) in [6.45, 7) is 4.25. The highest BCUT2D eigenvalue weighted by molar-refractivity contribution is 6.35. The molecule has 1 aromatic rings. The average Bonchev–Trinajstić information content (AvgIpc) is 3.73. The molecule has 2 heterocycles. The fraction of sp³-hybridized carbons (Fsp3) is 0.667. The fourth-order valence-corrected chi connectivity index (χ4v) is 8.00. The largest absolute Gasteiger partial charge is 0.481 e. The first-order valence-electron chi connectivity index (χ1n) is 16.5. The van der Waals surface area contributed by atoms with Crippen LogP contribution in [0.2, 0.25) is 0 Å². The summed E-state index contributed by atoms with van der Waals surface area (Å²) in [6, 6.07) is -0.378. The maximum absolute atomic E-state index is 14.5. The number of carbonyl (C=O) groups is 2. The van der Waals surface area contributed by atoms with E-state index in [2.05, 4.69) is 0 Å². The lowest BCUT2D eigenvalue weighted by atomic mass is 9.77. The summed E-state index contributed by atoms with van der Waals surface area (Å²) < 4.78 is 50.4. The van der Waals surface area contributed by atoms with Crippen molar-refractivity contribution in [2.75, 3.05) is 26.3 Å². The number of carboxylic acid groups (broad SMARTS) is 1. The van der Waals surface area contributed by atoms with E-state index >= 15 is 0 Å². The topological polar surface area (TPSA) is 108 Å². The highest BCUT2D eigenvalue weighted by Gasteiger charge is 2.67. The molecule has 1 unspecified atom stereocenters. The summed E-state index contributed by atoms with van der Waals surface area (Å²) in [7, 11) is 0. The zero-order valence-electron chi connectivity index (χ0n) is 26.1. The number of rotatable bonds is 6. The number of carbonyl (C=O) groups excluding carboxylic acids is 1. The van der Waals surface area contributed by atoms with Crippen LogP contribution in [0.15, 0.2) is 28.3 Å². The Bertz CT molecular complexity index is 1450. The van der Waals surface area contributed by atoms with E-state index in [1.165, 1.54) is 9.85 Å². The van der Waals surface area contributed by atoms with Crippen molar-refractivity contribution in [2.45, 2.75) is 96.2 Å². The van der Waals surface area contributed by atoms with Gasteiger partial charge in [-0.1, -0.05) is 30.7 Å². The van der Waals surface area contributed by atoms with Crippen LogP contribution in [0.3, 0.4) is 0 Å².